The van der Waals surface area contributed by atoms with E-state index in [1.165, 1.54) is 13.3 Å². The van der Waals surface area contributed by atoms with Crippen LogP contribution in [0, 0.1) is 0 Å². The second-order valence-electron chi connectivity index (χ2n) is 4.98. The van der Waals surface area contributed by atoms with Gasteiger partial charge in [-0.1, -0.05) is 30.3 Å². The van der Waals surface area contributed by atoms with E-state index in [0.29, 0.717) is 17.1 Å². The molecule has 2 aromatic carbocycles. The molecular weight excluding hydrogens is 322 g/mol. The average Bonchev–Trinajstić information content (AvgIpc) is 2.66. The predicted octanol–water partition coefficient (Wildman–Crippen LogP) is 1.47. The first-order valence-electron chi connectivity index (χ1n) is 7.51. The van der Waals surface area contributed by atoms with Gasteiger partial charge in [0.05, 0.1) is 20.4 Å². The lowest BCUT2D eigenvalue weighted by atomic mass is 10.2. The van der Waals surface area contributed by atoms with E-state index in [1.54, 1.807) is 25.3 Å². The van der Waals surface area contributed by atoms with Gasteiger partial charge in [-0.25, -0.2) is 5.43 Å². The molecule has 7 nitrogen and oxygen atoms in total. The van der Waals surface area contributed by atoms with Crippen molar-refractivity contribution in [3.8, 4) is 11.5 Å². The summed E-state index contributed by atoms with van der Waals surface area (Å²) in [6.07, 6.45) is 1.41. The first-order valence-corrected chi connectivity index (χ1v) is 7.51. The summed E-state index contributed by atoms with van der Waals surface area (Å²) in [5, 5.41) is 6.29. The molecule has 0 fully saturated rings. The van der Waals surface area contributed by atoms with Gasteiger partial charge in [0.15, 0.2) is 11.5 Å². The third kappa shape index (κ3) is 5.35. The highest BCUT2D eigenvalue weighted by molar-refractivity contribution is 6.35. The molecule has 0 heterocycles. The van der Waals surface area contributed by atoms with Crippen LogP contribution < -0.4 is 20.2 Å². The molecule has 0 aliphatic carbocycles. The number of nitrogens with zero attached hydrogens (tertiary/aromatic N) is 1. The van der Waals surface area contributed by atoms with E-state index >= 15 is 0 Å². The van der Waals surface area contributed by atoms with Crippen LogP contribution in [-0.4, -0.2) is 32.2 Å². The van der Waals surface area contributed by atoms with Gasteiger partial charge in [-0.05, 0) is 29.3 Å². The Hall–Kier alpha value is -3.35. The molecular formula is C18H19N3O4. The molecule has 2 rings (SSSR count). The van der Waals surface area contributed by atoms with Gasteiger partial charge < -0.3 is 14.8 Å². The third-order valence-electron chi connectivity index (χ3n) is 3.29. The zero-order valence-electron chi connectivity index (χ0n) is 14.0. The molecule has 0 saturated carbocycles. The first kappa shape index (κ1) is 18.0. The smallest absolute Gasteiger partial charge is 0.329 e. The van der Waals surface area contributed by atoms with E-state index in [9.17, 15) is 9.59 Å². The molecule has 7 heteroatoms. The maximum Gasteiger partial charge on any atom is 0.329 e. The molecule has 0 aromatic heterocycles. The fraction of sp³-hybridized carbons (Fsp3) is 0.167. The summed E-state index contributed by atoms with van der Waals surface area (Å²) < 4.78 is 10.3. The summed E-state index contributed by atoms with van der Waals surface area (Å²) in [6.45, 7) is 0.270. The molecule has 0 aliphatic rings. The van der Waals surface area contributed by atoms with Crippen LogP contribution in [0.25, 0.3) is 0 Å². The molecule has 0 unspecified atom stereocenters. The summed E-state index contributed by atoms with van der Waals surface area (Å²) in [6, 6.07) is 14.5. The molecule has 130 valence electrons. The maximum atomic E-state index is 11.7. The maximum absolute atomic E-state index is 11.7. The molecule has 0 atom stereocenters. The zero-order valence-corrected chi connectivity index (χ0v) is 14.0. The number of ether oxygens (including phenoxy) is 2. The minimum atomic E-state index is -0.840. The molecule has 0 spiro atoms. The van der Waals surface area contributed by atoms with Gasteiger partial charge in [-0.2, -0.15) is 5.10 Å². The summed E-state index contributed by atoms with van der Waals surface area (Å²) >= 11 is 0. The van der Waals surface area contributed by atoms with E-state index in [0.717, 1.165) is 5.56 Å². The molecule has 0 radical (unpaired) electrons. The monoisotopic (exact) mass is 341 g/mol. The highest BCUT2D eigenvalue weighted by atomic mass is 16.5. The molecule has 0 bridgehead atoms. The van der Waals surface area contributed by atoms with Crippen LogP contribution in [0.1, 0.15) is 11.1 Å². The molecule has 2 amide bonds. The standard InChI is InChI=1S/C18H19N3O4/c1-24-15-9-8-14(10-16(15)25-2)12-20-21-18(23)17(22)19-11-13-6-4-3-5-7-13/h3-10,12H,11H2,1-2H3,(H,19,22)(H,21,23)/b20-12+. The largest absolute Gasteiger partial charge is 0.493 e. The van der Waals surface area contributed by atoms with Gasteiger partial charge in [-0.3, -0.25) is 9.59 Å². The van der Waals surface area contributed by atoms with Crippen LogP contribution in [-0.2, 0) is 16.1 Å². The Labute approximate surface area is 145 Å². The number of benzene rings is 2. The first-order chi connectivity index (χ1) is 12.1. The van der Waals surface area contributed by atoms with Crippen LogP contribution in [0.15, 0.2) is 53.6 Å². The average molecular weight is 341 g/mol. The Morgan fingerprint density at radius 3 is 2.40 bits per heavy atom. The Morgan fingerprint density at radius 1 is 1.00 bits per heavy atom. The number of methoxy groups -OCH3 is 2. The van der Waals surface area contributed by atoms with Crippen molar-refractivity contribution >= 4 is 18.0 Å². The Kier molecular flexibility index (Phi) is 6.53. The van der Waals surface area contributed by atoms with Crippen molar-refractivity contribution in [2.75, 3.05) is 14.2 Å². The van der Waals surface area contributed by atoms with Crippen molar-refractivity contribution in [3.63, 3.8) is 0 Å². The van der Waals surface area contributed by atoms with E-state index in [-0.39, 0.29) is 6.54 Å². The van der Waals surface area contributed by atoms with Gasteiger partial charge in [0, 0.05) is 6.54 Å². The second kappa shape index (κ2) is 9.07. The fourth-order valence-electron chi connectivity index (χ4n) is 2.01. The Bertz CT molecular complexity index is 760. The van der Waals surface area contributed by atoms with Gasteiger partial charge in [0.25, 0.3) is 0 Å². The summed E-state index contributed by atoms with van der Waals surface area (Å²) in [7, 11) is 3.07. The lowest BCUT2D eigenvalue weighted by Crippen LogP contribution is -2.37. The number of carbonyl (C=O) groups excluding carboxylic acids is 2. The molecule has 2 aromatic rings. The number of amides is 2. The summed E-state index contributed by atoms with van der Waals surface area (Å²) in [5.41, 5.74) is 3.76. The quantitative estimate of drug-likeness (QED) is 0.473. The van der Waals surface area contributed by atoms with Crippen LogP contribution in [0.5, 0.6) is 11.5 Å². The summed E-state index contributed by atoms with van der Waals surface area (Å²) in [4.78, 5) is 23.4. The SMILES string of the molecule is COc1ccc(/C=N/NC(=O)C(=O)NCc2ccccc2)cc1OC. The number of hydrazone groups is 1. The lowest BCUT2D eigenvalue weighted by Gasteiger charge is -2.07. The van der Waals surface area contributed by atoms with E-state index < -0.39 is 11.8 Å². The highest BCUT2D eigenvalue weighted by Crippen LogP contribution is 2.26. The normalized spacial score (nSPS) is 10.3. The fourth-order valence-corrected chi connectivity index (χ4v) is 2.01. The van der Waals surface area contributed by atoms with Crippen LogP contribution in [0.2, 0.25) is 0 Å². The van der Waals surface area contributed by atoms with Crippen LogP contribution in [0.3, 0.4) is 0 Å². The number of hydrogen-bond donors (Lipinski definition) is 2. The number of carbonyl (C=O) groups is 2. The molecule has 25 heavy (non-hydrogen) atoms. The predicted molar refractivity (Wildman–Crippen MR) is 93.6 cm³/mol. The summed E-state index contributed by atoms with van der Waals surface area (Å²) in [5.74, 6) is -0.469. The Balaban J connectivity index is 1.86. The van der Waals surface area contributed by atoms with Crippen molar-refractivity contribution in [1.29, 1.82) is 0 Å². The van der Waals surface area contributed by atoms with Crippen molar-refractivity contribution in [1.82, 2.24) is 10.7 Å². The van der Waals surface area contributed by atoms with Gasteiger partial charge in [0.2, 0.25) is 0 Å². The van der Waals surface area contributed by atoms with E-state index in [4.69, 9.17) is 9.47 Å². The second-order valence-corrected chi connectivity index (χ2v) is 4.98. The van der Waals surface area contributed by atoms with Crippen LogP contribution in [0.4, 0.5) is 0 Å². The van der Waals surface area contributed by atoms with Gasteiger partial charge in [0.1, 0.15) is 0 Å². The van der Waals surface area contributed by atoms with Crippen molar-refractivity contribution in [2.24, 2.45) is 5.10 Å². The van der Waals surface area contributed by atoms with E-state index in [2.05, 4.69) is 15.8 Å². The minimum absolute atomic E-state index is 0.270. The minimum Gasteiger partial charge on any atom is -0.493 e. The molecule has 0 saturated heterocycles. The zero-order chi connectivity index (χ0) is 18.1. The number of hydrogen-bond acceptors (Lipinski definition) is 5. The Morgan fingerprint density at radius 2 is 1.72 bits per heavy atom. The van der Waals surface area contributed by atoms with Crippen molar-refractivity contribution < 1.29 is 19.1 Å². The van der Waals surface area contributed by atoms with Gasteiger partial charge >= 0.3 is 11.8 Å². The molecule has 2 N–H and O–H groups in total. The third-order valence-corrected chi connectivity index (χ3v) is 3.29. The topological polar surface area (TPSA) is 89.0 Å². The highest BCUT2D eigenvalue weighted by Gasteiger charge is 2.11. The number of nitrogens with one attached hydrogen (secondary N) is 2. The van der Waals surface area contributed by atoms with Crippen molar-refractivity contribution in [3.05, 3.63) is 59.7 Å². The van der Waals surface area contributed by atoms with E-state index in [1.807, 2.05) is 30.3 Å². The molecule has 0 aliphatic heterocycles. The van der Waals surface area contributed by atoms with Crippen LogP contribution >= 0.6 is 0 Å². The lowest BCUT2D eigenvalue weighted by molar-refractivity contribution is -0.139. The number of rotatable bonds is 6. The van der Waals surface area contributed by atoms with Crippen molar-refractivity contribution in [2.45, 2.75) is 6.54 Å². The van der Waals surface area contributed by atoms with Gasteiger partial charge in [-0.15, -0.1) is 0 Å².